The number of aromatic carboxylic acids is 1. The van der Waals surface area contributed by atoms with Crippen LogP contribution in [-0.4, -0.2) is 23.2 Å². The largest absolute Gasteiger partial charge is 0.476 e. The minimum atomic E-state index is -0.989. The summed E-state index contributed by atoms with van der Waals surface area (Å²) in [5, 5.41) is 10.3. The predicted octanol–water partition coefficient (Wildman–Crippen LogP) is 0.988. The van der Waals surface area contributed by atoms with Crippen LogP contribution in [-0.2, 0) is 11.3 Å². The Hall–Kier alpha value is -0.940. The molecule has 0 aromatic carbocycles. The summed E-state index contributed by atoms with van der Waals surface area (Å²) in [4.78, 5) is 14.1. The number of nitrogens with zero attached hydrogens (tertiary/aromatic N) is 1. The van der Waals surface area contributed by atoms with Crippen molar-refractivity contribution >= 4 is 17.3 Å². The molecular formula is C6H7NO3S. The second-order valence-corrected chi connectivity index (χ2v) is 2.74. The van der Waals surface area contributed by atoms with E-state index < -0.39 is 5.97 Å². The van der Waals surface area contributed by atoms with Crippen molar-refractivity contribution in [1.82, 2.24) is 4.98 Å². The summed E-state index contributed by atoms with van der Waals surface area (Å²) < 4.78 is 4.77. The van der Waals surface area contributed by atoms with E-state index in [0.717, 1.165) is 11.3 Å². The Kier molecular flexibility index (Phi) is 2.56. The third-order valence-corrected chi connectivity index (χ3v) is 1.91. The number of aromatic nitrogens is 1. The minimum Gasteiger partial charge on any atom is -0.476 e. The van der Waals surface area contributed by atoms with Gasteiger partial charge in [0, 0.05) is 12.5 Å². The summed E-state index contributed by atoms with van der Waals surface area (Å²) in [6, 6.07) is 0. The molecule has 0 aliphatic rings. The fourth-order valence-corrected chi connectivity index (χ4v) is 1.26. The Labute approximate surface area is 67.5 Å². The highest BCUT2D eigenvalue weighted by molar-refractivity contribution is 7.11. The quantitative estimate of drug-likeness (QED) is 0.740. The number of carbonyl (C=O) groups is 1. The zero-order valence-corrected chi connectivity index (χ0v) is 6.72. The highest BCUT2D eigenvalue weighted by atomic mass is 32.1. The zero-order chi connectivity index (χ0) is 8.27. The predicted molar refractivity (Wildman–Crippen MR) is 39.8 cm³/mol. The summed E-state index contributed by atoms with van der Waals surface area (Å²) in [5.41, 5.74) is 0.662. The molecule has 1 N–H and O–H groups in total. The molecule has 0 saturated heterocycles. The minimum absolute atomic E-state index is 0.108. The van der Waals surface area contributed by atoms with E-state index in [2.05, 4.69) is 4.98 Å². The van der Waals surface area contributed by atoms with Crippen molar-refractivity contribution in [3.05, 3.63) is 16.1 Å². The van der Waals surface area contributed by atoms with Crippen LogP contribution in [0.4, 0.5) is 0 Å². The second kappa shape index (κ2) is 3.45. The lowest BCUT2D eigenvalue weighted by atomic mass is 10.5. The van der Waals surface area contributed by atoms with Crippen molar-refractivity contribution in [1.29, 1.82) is 0 Å². The van der Waals surface area contributed by atoms with E-state index in [1.54, 1.807) is 12.5 Å². The van der Waals surface area contributed by atoms with Crippen molar-refractivity contribution in [2.24, 2.45) is 0 Å². The van der Waals surface area contributed by atoms with Gasteiger partial charge in [-0.15, -0.1) is 11.3 Å². The molecule has 1 rings (SSSR count). The van der Waals surface area contributed by atoms with Crippen molar-refractivity contribution in [2.45, 2.75) is 6.61 Å². The number of thiazole rings is 1. The number of hydrogen-bond acceptors (Lipinski definition) is 4. The van der Waals surface area contributed by atoms with Crippen LogP contribution < -0.4 is 0 Å². The molecule has 0 aliphatic carbocycles. The summed E-state index contributed by atoms with van der Waals surface area (Å²) in [6.07, 6.45) is 0. The fraction of sp³-hybridized carbons (Fsp3) is 0.333. The van der Waals surface area contributed by atoms with Gasteiger partial charge in [0.2, 0.25) is 5.01 Å². The Morgan fingerprint density at radius 3 is 3.09 bits per heavy atom. The molecule has 0 unspecified atom stereocenters. The molecule has 0 amide bonds. The average Bonchev–Trinajstić information content (AvgIpc) is 2.37. The highest BCUT2D eigenvalue weighted by Gasteiger charge is 2.07. The van der Waals surface area contributed by atoms with Gasteiger partial charge in [0.05, 0.1) is 12.3 Å². The summed E-state index contributed by atoms with van der Waals surface area (Å²) in [5.74, 6) is -0.989. The van der Waals surface area contributed by atoms with E-state index in [0.29, 0.717) is 12.3 Å². The number of ether oxygens (including phenoxy) is 1. The number of hydrogen-bond donors (Lipinski definition) is 1. The first-order valence-corrected chi connectivity index (χ1v) is 3.78. The average molecular weight is 173 g/mol. The Morgan fingerprint density at radius 1 is 1.91 bits per heavy atom. The van der Waals surface area contributed by atoms with Crippen LogP contribution in [0.1, 0.15) is 15.5 Å². The number of rotatable bonds is 3. The number of carboxylic acid groups (broad SMARTS) is 1. The molecule has 1 heterocycles. The van der Waals surface area contributed by atoms with Crippen molar-refractivity contribution in [3.8, 4) is 0 Å². The van der Waals surface area contributed by atoms with Gasteiger partial charge in [-0.3, -0.25) is 0 Å². The van der Waals surface area contributed by atoms with Gasteiger partial charge in [-0.1, -0.05) is 0 Å². The molecule has 60 valence electrons. The summed E-state index contributed by atoms with van der Waals surface area (Å²) >= 11 is 1.11. The molecule has 0 saturated carbocycles. The standard InChI is InChI=1S/C6H7NO3S/c1-10-2-4-3-11-5(7-4)6(8)9/h3H,2H2,1H3,(H,8,9). The molecule has 0 atom stereocenters. The molecule has 0 aliphatic heterocycles. The Balaban J connectivity index is 2.73. The zero-order valence-electron chi connectivity index (χ0n) is 5.90. The monoisotopic (exact) mass is 173 g/mol. The van der Waals surface area contributed by atoms with Gasteiger partial charge in [-0.2, -0.15) is 0 Å². The van der Waals surface area contributed by atoms with Gasteiger partial charge in [0.25, 0.3) is 0 Å². The molecule has 11 heavy (non-hydrogen) atoms. The molecule has 4 nitrogen and oxygen atoms in total. The Morgan fingerprint density at radius 2 is 2.64 bits per heavy atom. The van der Waals surface area contributed by atoms with Gasteiger partial charge < -0.3 is 9.84 Å². The maximum Gasteiger partial charge on any atom is 0.365 e. The van der Waals surface area contributed by atoms with Gasteiger partial charge in [0.1, 0.15) is 0 Å². The molecule has 0 radical (unpaired) electrons. The van der Waals surface area contributed by atoms with E-state index in [4.69, 9.17) is 9.84 Å². The SMILES string of the molecule is COCc1csc(C(=O)O)n1. The first kappa shape index (κ1) is 8.16. The lowest BCUT2D eigenvalue weighted by Crippen LogP contribution is -1.95. The first-order chi connectivity index (χ1) is 5.24. The molecule has 1 aromatic rings. The normalized spacial score (nSPS) is 9.91. The smallest absolute Gasteiger partial charge is 0.365 e. The van der Waals surface area contributed by atoms with Gasteiger partial charge in [-0.25, -0.2) is 9.78 Å². The highest BCUT2D eigenvalue weighted by Crippen LogP contribution is 2.09. The maximum absolute atomic E-state index is 10.3. The Bertz CT molecular complexity index is 258. The third-order valence-electron chi connectivity index (χ3n) is 1.03. The van der Waals surface area contributed by atoms with Crippen LogP contribution in [0.15, 0.2) is 5.38 Å². The topological polar surface area (TPSA) is 59.4 Å². The van der Waals surface area contributed by atoms with Crippen LogP contribution in [0.2, 0.25) is 0 Å². The second-order valence-electron chi connectivity index (χ2n) is 1.88. The fourth-order valence-electron chi connectivity index (χ4n) is 0.619. The van der Waals surface area contributed by atoms with Gasteiger partial charge in [0.15, 0.2) is 0 Å². The van der Waals surface area contributed by atoms with Crippen molar-refractivity contribution < 1.29 is 14.6 Å². The van der Waals surface area contributed by atoms with E-state index >= 15 is 0 Å². The van der Waals surface area contributed by atoms with E-state index in [1.807, 2.05) is 0 Å². The lowest BCUT2D eigenvalue weighted by molar-refractivity contribution is 0.0695. The molecule has 1 aromatic heterocycles. The van der Waals surface area contributed by atoms with Crippen LogP contribution in [0.5, 0.6) is 0 Å². The lowest BCUT2D eigenvalue weighted by Gasteiger charge is -1.89. The van der Waals surface area contributed by atoms with E-state index in [-0.39, 0.29) is 5.01 Å². The number of carboxylic acids is 1. The number of methoxy groups -OCH3 is 1. The molecule has 0 fully saturated rings. The third kappa shape index (κ3) is 1.99. The van der Waals surface area contributed by atoms with Gasteiger partial charge in [-0.05, 0) is 0 Å². The summed E-state index contributed by atoms with van der Waals surface area (Å²) in [6.45, 7) is 0.365. The van der Waals surface area contributed by atoms with Crippen LogP contribution >= 0.6 is 11.3 Å². The van der Waals surface area contributed by atoms with E-state index in [1.165, 1.54) is 0 Å². The molecule has 0 bridgehead atoms. The van der Waals surface area contributed by atoms with Crippen molar-refractivity contribution in [3.63, 3.8) is 0 Å². The van der Waals surface area contributed by atoms with E-state index in [9.17, 15) is 4.79 Å². The molecule has 0 spiro atoms. The van der Waals surface area contributed by atoms with Crippen molar-refractivity contribution in [2.75, 3.05) is 7.11 Å². The molecule has 5 heteroatoms. The van der Waals surface area contributed by atoms with Gasteiger partial charge >= 0.3 is 5.97 Å². The first-order valence-electron chi connectivity index (χ1n) is 2.90. The van der Waals surface area contributed by atoms with Crippen LogP contribution in [0.3, 0.4) is 0 Å². The van der Waals surface area contributed by atoms with Crippen LogP contribution in [0, 0.1) is 0 Å². The summed E-state index contributed by atoms with van der Waals surface area (Å²) in [7, 11) is 1.54. The molecular weight excluding hydrogens is 166 g/mol. The van der Waals surface area contributed by atoms with Crippen LogP contribution in [0.25, 0.3) is 0 Å². The maximum atomic E-state index is 10.3.